The predicted octanol–water partition coefficient (Wildman–Crippen LogP) is 0.489. The highest BCUT2D eigenvalue weighted by molar-refractivity contribution is 5.87. The Morgan fingerprint density at radius 1 is 1.56 bits per heavy atom. The maximum atomic E-state index is 10.6. The normalized spacial score (nSPS) is 10.6. The number of aliphatic carboxylic acids is 1. The van der Waals surface area contributed by atoms with Crippen LogP contribution in [0.2, 0.25) is 0 Å². The molecule has 0 saturated heterocycles. The Kier molecular flexibility index (Phi) is 2.47. The average molecular weight is 220 g/mol. The third kappa shape index (κ3) is 1.69. The van der Waals surface area contributed by atoms with Crippen LogP contribution in [0.3, 0.4) is 0 Å². The molecule has 6 heteroatoms. The Labute approximate surface area is 92.1 Å². The quantitative estimate of drug-likeness (QED) is 0.815. The predicted molar refractivity (Wildman–Crippen MR) is 59.4 cm³/mol. The zero-order valence-corrected chi connectivity index (χ0v) is 9.08. The minimum atomic E-state index is -0.891. The van der Waals surface area contributed by atoms with Gasteiger partial charge in [0.2, 0.25) is 0 Å². The Morgan fingerprint density at radius 3 is 3.00 bits per heavy atom. The third-order valence-electron chi connectivity index (χ3n) is 2.36. The van der Waals surface area contributed by atoms with Crippen LogP contribution in [-0.4, -0.2) is 39.2 Å². The smallest absolute Gasteiger partial charge is 0.323 e. The summed E-state index contributed by atoms with van der Waals surface area (Å²) in [7, 11) is 3.57. The third-order valence-corrected chi connectivity index (χ3v) is 2.36. The summed E-state index contributed by atoms with van der Waals surface area (Å²) in [6.07, 6.45) is 3.34. The molecule has 6 nitrogen and oxygen atoms in total. The van der Waals surface area contributed by atoms with Crippen molar-refractivity contribution in [2.45, 2.75) is 0 Å². The van der Waals surface area contributed by atoms with Crippen LogP contribution < -0.4 is 4.90 Å². The highest BCUT2D eigenvalue weighted by atomic mass is 16.4. The number of hydrogen-bond donors (Lipinski definition) is 1. The molecule has 2 aromatic rings. The molecular weight excluding hydrogens is 208 g/mol. The number of pyridine rings is 1. The molecule has 16 heavy (non-hydrogen) atoms. The maximum Gasteiger partial charge on any atom is 0.323 e. The van der Waals surface area contributed by atoms with Crippen LogP contribution in [0.4, 0.5) is 5.82 Å². The maximum absolute atomic E-state index is 10.6. The van der Waals surface area contributed by atoms with Crippen molar-refractivity contribution in [2.75, 3.05) is 18.5 Å². The molecule has 0 saturated carbocycles. The minimum Gasteiger partial charge on any atom is -0.480 e. The lowest BCUT2D eigenvalue weighted by molar-refractivity contribution is -0.135. The lowest BCUT2D eigenvalue weighted by Crippen LogP contribution is -2.26. The second kappa shape index (κ2) is 3.80. The first-order chi connectivity index (χ1) is 7.59. The second-order valence-electron chi connectivity index (χ2n) is 3.61. The number of fused-ring (bicyclic) bond motifs is 1. The van der Waals surface area contributed by atoms with Crippen molar-refractivity contribution in [3.63, 3.8) is 0 Å². The van der Waals surface area contributed by atoms with E-state index in [0.29, 0.717) is 11.3 Å². The van der Waals surface area contributed by atoms with Crippen molar-refractivity contribution in [3.05, 3.63) is 18.6 Å². The lowest BCUT2D eigenvalue weighted by Gasteiger charge is -2.15. The first-order valence-electron chi connectivity index (χ1n) is 4.78. The average Bonchev–Trinajstić information content (AvgIpc) is 2.59. The van der Waals surface area contributed by atoms with Gasteiger partial charge in [-0.15, -0.1) is 0 Å². The van der Waals surface area contributed by atoms with E-state index in [1.807, 2.05) is 17.7 Å². The number of nitrogens with zero attached hydrogens (tertiary/aromatic N) is 4. The second-order valence-corrected chi connectivity index (χ2v) is 3.61. The largest absolute Gasteiger partial charge is 0.480 e. The highest BCUT2D eigenvalue weighted by Crippen LogP contribution is 2.20. The summed E-state index contributed by atoms with van der Waals surface area (Å²) in [5.74, 6) is -0.308. The van der Waals surface area contributed by atoms with Gasteiger partial charge in [-0.1, -0.05) is 0 Å². The molecule has 0 bridgehead atoms. The van der Waals surface area contributed by atoms with E-state index in [9.17, 15) is 4.79 Å². The van der Waals surface area contributed by atoms with Gasteiger partial charge in [0.05, 0.1) is 11.8 Å². The number of hydrogen-bond acceptors (Lipinski definition) is 4. The van der Waals surface area contributed by atoms with Crippen molar-refractivity contribution in [1.29, 1.82) is 0 Å². The summed E-state index contributed by atoms with van der Waals surface area (Å²) < 4.78 is 1.87. The number of rotatable bonds is 3. The topological polar surface area (TPSA) is 71.2 Å². The van der Waals surface area contributed by atoms with Crippen LogP contribution >= 0.6 is 0 Å². The lowest BCUT2D eigenvalue weighted by atomic mass is 10.3. The molecule has 0 aromatic carbocycles. The number of carboxylic acids is 1. The fourth-order valence-electron chi connectivity index (χ4n) is 1.61. The number of anilines is 1. The van der Waals surface area contributed by atoms with E-state index in [1.165, 1.54) is 0 Å². The standard InChI is InChI=1S/C10H12N4O2/c1-13(5-8(15)16)10-9-7(3-4-11-10)14(2)6-12-9/h3-4,6H,5H2,1-2H3,(H,15,16). The molecule has 0 spiro atoms. The molecule has 0 atom stereocenters. The van der Waals surface area contributed by atoms with Gasteiger partial charge in [-0.05, 0) is 6.07 Å². The fourth-order valence-corrected chi connectivity index (χ4v) is 1.61. The number of aryl methyl sites for hydroxylation is 1. The molecular formula is C10H12N4O2. The van der Waals surface area contributed by atoms with Crippen LogP contribution in [-0.2, 0) is 11.8 Å². The van der Waals surface area contributed by atoms with Crippen LogP contribution in [0.15, 0.2) is 18.6 Å². The van der Waals surface area contributed by atoms with Crippen LogP contribution in [0, 0.1) is 0 Å². The minimum absolute atomic E-state index is 0.0946. The summed E-state index contributed by atoms with van der Waals surface area (Å²) >= 11 is 0. The Bertz CT molecular complexity index is 535. The molecule has 0 radical (unpaired) electrons. The van der Waals surface area contributed by atoms with Crippen molar-refractivity contribution in [3.8, 4) is 0 Å². The van der Waals surface area contributed by atoms with Gasteiger partial charge in [0.1, 0.15) is 12.1 Å². The highest BCUT2D eigenvalue weighted by Gasteiger charge is 2.12. The molecule has 2 heterocycles. The van der Waals surface area contributed by atoms with E-state index < -0.39 is 5.97 Å². The number of likely N-dealkylation sites (N-methyl/N-ethyl adjacent to an activating group) is 1. The van der Waals surface area contributed by atoms with Crippen LogP contribution in [0.5, 0.6) is 0 Å². The molecule has 1 N–H and O–H groups in total. The monoisotopic (exact) mass is 220 g/mol. The number of carboxylic acid groups (broad SMARTS) is 1. The van der Waals surface area contributed by atoms with E-state index in [4.69, 9.17) is 5.11 Å². The van der Waals surface area contributed by atoms with E-state index in [1.54, 1.807) is 24.5 Å². The first kappa shape index (κ1) is 10.4. The number of carbonyl (C=O) groups is 1. The first-order valence-corrected chi connectivity index (χ1v) is 4.78. The van der Waals surface area contributed by atoms with E-state index in [-0.39, 0.29) is 6.54 Å². The molecule has 0 aliphatic rings. The number of imidazole rings is 1. The van der Waals surface area contributed by atoms with Crippen molar-refractivity contribution < 1.29 is 9.90 Å². The Hall–Kier alpha value is -2.11. The molecule has 2 aromatic heterocycles. The zero-order valence-electron chi connectivity index (χ0n) is 9.08. The molecule has 0 amide bonds. The van der Waals surface area contributed by atoms with E-state index in [2.05, 4.69) is 9.97 Å². The summed E-state index contributed by atoms with van der Waals surface area (Å²) in [4.78, 5) is 20.6. The van der Waals surface area contributed by atoms with Gasteiger partial charge in [-0.3, -0.25) is 4.79 Å². The SMILES string of the molecule is CN(CC(=O)O)c1nccc2c1ncn2C. The van der Waals surface area contributed by atoms with Gasteiger partial charge in [0.25, 0.3) is 0 Å². The van der Waals surface area contributed by atoms with Gasteiger partial charge in [-0.25, -0.2) is 9.97 Å². The van der Waals surface area contributed by atoms with Crippen molar-refractivity contribution >= 4 is 22.8 Å². The molecule has 0 unspecified atom stereocenters. The molecule has 0 aliphatic heterocycles. The molecule has 2 rings (SSSR count). The Balaban J connectivity index is 2.48. The summed E-state index contributed by atoms with van der Waals surface area (Å²) in [6.45, 7) is -0.0946. The van der Waals surface area contributed by atoms with Gasteiger partial charge in [-0.2, -0.15) is 0 Å². The number of aromatic nitrogens is 3. The van der Waals surface area contributed by atoms with Crippen molar-refractivity contribution in [1.82, 2.24) is 14.5 Å². The van der Waals surface area contributed by atoms with Crippen LogP contribution in [0.25, 0.3) is 11.0 Å². The van der Waals surface area contributed by atoms with Gasteiger partial charge in [0, 0.05) is 20.3 Å². The molecule has 0 fully saturated rings. The Morgan fingerprint density at radius 2 is 2.31 bits per heavy atom. The summed E-state index contributed by atoms with van der Waals surface area (Å²) in [5, 5.41) is 8.73. The van der Waals surface area contributed by atoms with Crippen molar-refractivity contribution in [2.24, 2.45) is 7.05 Å². The fraction of sp³-hybridized carbons (Fsp3) is 0.300. The zero-order chi connectivity index (χ0) is 11.7. The van der Waals surface area contributed by atoms with E-state index in [0.717, 1.165) is 5.52 Å². The molecule has 0 aliphatic carbocycles. The van der Waals surface area contributed by atoms with Gasteiger partial charge in [0.15, 0.2) is 5.82 Å². The van der Waals surface area contributed by atoms with Crippen LogP contribution in [0.1, 0.15) is 0 Å². The van der Waals surface area contributed by atoms with Gasteiger partial charge < -0.3 is 14.6 Å². The van der Waals surface area contributed by atoms with Gasteiger partial charge >= 0.3 is 5.97 Å². The molecule has 84 valence electrons. The summed E-state index contributed by atoms with van der Waals surface area (Å²) in [5.41, 5.74) is 1.65. The van der Waals surface area contributed by atoms with E-state index >= 15 is 0 Å². The summed E-state index contributed by atoms with van der Waals surface area (Å²) in [6, 6.07) is 1.85.